The summed E-state index contributed by atoms with van der Waals surface area (Å²) in [5.74, 6) is 1.96. The third kappa shape index (κ3) is 1.70. The molecule has 0 spiro atoms. The van der Waals surface area contributed by atoms with Crippen molar-refractivity contribution in [1.29, 1.82) is 0 Å². The van der Waals surface area contributed by atoms with E-state index in [1.807, 2.05) is 35.9 Å². The van der Waals surface area contributed by atoms with Gasteiger partial charge in [0.1, 0.15) is 0 Å². The van der Waals surface area contributed by atoms with Crippen molar-refractivity contribution < 1.29 is 4.79 Å². The molecule has 1 unspecified atom stereocenters. The third-order valence-electron chi connectivity index (χ3n) is 3.47. The SMILES string of the molecule is Cn1c(N2CC(CS)CC2=O)nc2ccccc21. The van der Waals surface area contributed by atoms with E-state index in [4.69, 9.17) is 0 Å². The number of imidazole rings is 1. The van der Waals surface area contributed by atoms with Gasteiger partial charge in [-0.1, -0.05) is 12.1 Å². The van der Waals surface area contributed by atoms with Gasteiger partial charge in [-0.25, -0.2) is 4.98 Å². The van der Waals surface area contributed by atoms with Gasteiger partial charge >= 0.3 is 0 Å². The molecule has 0 aliphatic carbocycles. The van der Waals surface area contributed by atoms with Crippen LogP contribution in [0, 0.1) is 5.92 Å². The summed E-state index contributed by atoms with van der Waals surface area (Å²) in [5, 5.41) is 0. The Bertz CT molecular complexity index is 607. The zero-order valence-electron chi connectivity index (χ0n) is 10.2. The summed E-state index contributed by atoms with van der Waals surface area (Å²) in [6.07, 6.45) is 0.576. The molecule has 1 aliphatic heterocycles. The van der Waals surface area contributed by atoms with Gasteiger partial charge in [0.25, 0.3) is 0 Å². The first-order valence-electron chi connectivity index (χ1n) is 6.03. The number of thiol groups is 1. The summed E-state index contributed by atoms with van der Waals surface area (Å²) < 4.78 is 1.98. The number of benzene rings is 1. The molecule has 5 heteroatoms. The van der Waals surface area contributed by atoms with Crippen molar-refractivity contribution in [1.82, 2.24) is 9.55 Å². The maximum atomic E-state index is 12.0. The van der Waals surface area contributed by atoms with Gasteiger partial charge in [-0.15, -0.1) is 0 Å². The number of fused-ring (bicyclic) bond motifs is 1. The molecular formula is C13H15N3OS. The minimum Gasteiger partial charge on any atom is -0.313 e. The van der Waals surface area contributed by atoms with Gasteiger partial charge in [0, 0.05) is 20.0 Å². The van der Waals surface area contributed by atoms with Gasteiger partial charge in [0.2, 0.25) is 11.9 Å². The normalized spacial score (nSPS) is 20.0. The van der Waals surface area contributed by atoms with Gasteiger partial charge in [-0.2, -0.15) is 12.6 Å². The van der Waals surface area contributed by atoms with Crippen LogP contribution in [0.5, 0.6) is 0 Å². The number of anilines is 1. The standard InChI is InChI=1S/C13H15N3OS/c1-15-11-5-3-2-4-10(11)14-13(15)16-7-9(8-18)6-12(16)17/h2-5,9,18H,6-8H2,1H3. The fraction of sp³-hybridized carbons (Fsp3) is 0.385. The molecule has 0 saturated carbocycles. The number of nitrogens with zero attached hydrogens (tertiary/aromatic N) is 3. The second kappa shape index (κ2) is 4.31. The minimum absolute atomic E-state index is 0.146. The summed E-state index contributed by atoms with van der Waals surface area (Å²) in [5.41, 5.74) is 1.98. The van der Waals surface area contributed by atoms with Crippen LogP contribution in [0.4, 0.5) is 5.95 Å². The Morgan fingerprint density at radius 1 is 1.44 bits per heavy atom. The molecule has 3 rings (SSSR count). The van der Waals surface area contributed by atoms with E-state index in [0.717, 1.165) is 29.3 Å². The maximum Gasteiger partial charge on any atom is 0.229 e. The zero-order chi connectivity index (χ0) is 12.7. The monoisotopic (exact) mass is 261 g/mol. The average molecular weight is 261 g/mol. The second-order valence-corrected chi connectivity index (χ2v) is 5.08. The molecule has 1 saturated heterocycles. The Morgan fingerprint density at radius 3 is 2.89 bits per heavy atom. The first-order chi connectivity index (χ1) is 8.70. The fourth-order valence-electron chi connectivity index (χ4n) is 2.47. The molecule has 0 bridgehead atoms. The van der Waals surface area contributed by atoms with Crippen LogP contribution in [-0.2, 0) is 11.8 Å². The van der Waals surface area contributed by atoms with Crippen LogP contribution in [0.25, 0.3) is 11.0 Å². The Labute approximate surface area is 111 Å². The maximum absolute atomic E-state index is 12.0. The number of rotatable bonds is 2. The number of para-hydroxylation sites is 2. The quantitative estimate of drug-likeness (QED) is 0.838. The average Bonchev–Trinajstić information content (AvgIpc) is 2.91. The summed E-state index contributed by atoms with van der Waals surface area (Å²) in [7, 11) is 1.95. The summed E-state index contributed by atoms with van der Waals surface area (Å²) in [4.78, 5) is 18.3. The lowest BCUT2D eigenvalue weighted by atomic mass is 10.1. The Balaban J connectivity index is 2.04. The number of amides is 1. The molecule has 2 aromatic rings. The van der Waals surface area contributed by atoms with Crippen LogP contribution in [0.3, 0.4) is 0 Å². The van der Waals surface area contributed by atoms with E-state index in [1.165, 1.54) is 0 Å². The third-order valence-corrected chi connectivity index (χ3v) is 3.98. The number of hydrogen-bond donors (Lipinski definition) is 1. The molecule has 1 aliphatic rings. The topological polar surface area (TPSA) is 38.1 Å². The largest absolute Gasteiger partial charge is 0.313 e. The molecule has 94 valence electrons. The van der Waals surface area contributed by atoms with Gasteiger partial charge in [0.05, 0.1) is 11.0 Å². The number of carbonyl (C=O) groups excluding carboxylic acids is 1. The van der Waals surface area contributed by atoms with E-state index in [2.05, 4.69) is 17.6 Å². The molecule has 1 aromatic carbocycles. The van der Waals surface area contributed by atoms with E-state index in [0.29, 0.717) is 12.3 Å². The van der Waals surface area contributed by atoms with Crippen LogP contribution in [-0.4, -0.2) is 27.8 Å². The van der Waals surface area contributed by atoms with Crippen LogP contribution < -0.4 is 4.90 Å². The highest BCUT2D eigenvalue weighted by Crippen LogP contribution is 2.27. The molecule has 1 atom stereocenters. The van der Waals surface area contributed by atoms with Gasteiger partial charge < -0.3 is 4.57 Å². The fourth-order valence-corrected chi connectivity index (χ4v) is 2.72. The summed E-state index contributed by atoms with van der Waals surface area (Å²) in [6, 6.07) is 7.93. The van der Waals surface area contributed by atoms with E-state index >= 15 is 0 Å². The highest BCUT2D eigenvalue weighted by Gasteiger charge is 2.32. The van der Waals surface area contributed by atoms with E-state index in [-0.39, 0.29) is 5.91 Å². The number of aryl methyl sites for hydroxylation is 1. The lowest BCUT2D eigenvalue weighted by Crippen LogP contribution is -2.27. The zero-order valence-corrected chi connectivity index (χ0v) is 11.1. The van der Waals surface area contributed by atoms with Crippen molar-refractivity contribution in [3.05, 3.63) is 24.3 Å². The first kappa shape index (κ1) is 11.6. The Kier molecular flexibility index (Phi) is 2.78. The minimum atomic E-state index is 0.146. The smallest absolute Gasteiger partial charge is 0.229 e. The van der Waals surface area contributed by atoms with Gasteiger partial charge in [0.15, 0.2) is 0 Å². The van der Waals surface area contributed by atoms with Gasteiger partial charge in [-0.05, 0) is 23.8 Å². The lowest BCUT2D eigenvalue weighted by molar-refractivity contribution is -0.117. The van der Waals surface area contributed by atoms with Crippen molar-refractivity contribution in [2.24, 2.45) is 13.0 Å². The lowest BCUT2D eigenvalue weighted by Gasteiger charge is -2.15. The molecule has 2 heterocycles. The molecule has 1 aromatic heterocycles. The predicted octanol–water partition coefficient (Wildman–Crippen LogP) is 1.86. The van der Waals surface area contributed by atoms with Crippen molar-refractivity contribution in [3.8, 4) is 0 Å². The summed E-state index contributed by atoms with van der Waals surface area (Å²) in [6.45, 7) is 0.722. The summed E-state index contributed by atoms with van der Waals surface area (Å²) >= 11 is 4.28. The number of aromatic nitrogens is 2. The van der Waals surface area contributed by atoms with Crippen LogP contribution >= 0.6 is 12.6 Å². The van der Waals surface area contributed by atoms with E-state index in [1.54, 1.807) is 4.90 Å². The number of carbonyl (C=O) groups is 1. The first-order valence-corrected chi connectivity index (χ1v) is 6.66. The highest BCUT2D eigenvalue weighted by atomic mass is 32.1. The predicted molar refractivity (Wildman–Crippen MR) is 75.0 cm³/mol. The molecular weight excluding hydrogens is 246 g/mol. The van der Waals surface area contributed by atoms with Crippen LogP contribution in [0.15, 0.2) is 24.3 Å². The van der Waals surface area contributed by atoms with Crippen molar-refractivity contribution in [3.63, 3.8) is 0 Å². The van der Waals surface area contributed by atoms with E-state index < -0.39 is 0 Å². The molecule has 0 N–H and O–H groups in total. The van der Waals surface area contributed by atoms with Crippen molar-refractivity contribution in [2.75, 3.05) is 17.2 Å². The molecule has 0 radical (unpaired) electrons. The second-order valence-electron chi connectivity index (χ2n) is 4.72. The van der Waals surface area contributed by atoms with Crippen LogP contribution in [0.2, 0.25) is 0 Å². The van der Waals surface area contributed by atoms with Crippen molar-refractivity contribution in [2.45, 2.75) is 6.42 Å². The molecule has 1 amide bonds. The van der Waals surface area contributed by atoms with Crippen LogP contribution in [0.1, 0.15) is 6.42 Å². The molecule has 1 fully saturated rings. The van der Waals surface area contributed by atoms with Crippen molar-refractivity contribution >= 4 is 35.5 Å². The van der Waals surface area contributed by atoms with Gasteiger partial charge in [-0.3, -0.25) is 9.69 Å². The molecule has 4 nitrogen and oxygen atoms in total. The Morgan fingerprint density at radius 2 is 2.22 bits per heavy atom. The Hall–Kier alpha value is -1.49. The number of hydrogen-bond acceptors (Lipinski definition) is 3. The molecule has 18 heavy (non-hydrogen) atoms. The van der Waals surface area contributed by atoms with E-state index in [9.17, 15) is 4.79 Å². The highest BCUT2D eigenvalue weighted by molar-refractivity contribution is 7.80.